The SMILES string of the molecule is c1ccc(C2CC3(C2)CN(c2cc(C4CC4)ncn2)C3)cc1. The van der Waals surface area contributed by atoms with Crippen molar-refractivity contribution in [3.63, 3.8) is 0 Å². The average Bonchev–Trinajstić information content (AvgIpc) is 3.30. The number of benzene rings is 1. The maximum Gasteiger partial charge on any atom is 0.132 e. The second-order valence-corrected chi connectivity index (χ2v) is 7.45. The normalized spacial score (nSPS) is 23.2. The lowest BCUT2D eigenvalue weighted by Crippen LogP contribution is -2.62. The number of anilines is 1. The third-order valence-electron chi connectivity index (χ3n) is 5.68. The van der Waals surface area contributed by atoms with Gasteiger partial charge in [-0.25, -0.2) is 9.97 Å². The van der Waals surface area contributed by atoms with Crippen LogP contribution in [0.5, 0.6) is 0 Å². The molecule has 3 nitrogen and oxygen atoms in total. The van der Waals surface area contributed by atoms with E-state index in [9.17, 15) is 0 Å². The van der Waals surface area contributed by atoms with E-state index in [1.807, 2.05) is 0 Å². The molecule has 0 amide bonds. The predicted molar refractivity (Wildman–Crippen MR) is 87.1 cm³/mol. The Balaban J connectivity index is 1.23. The first-order valence-electron chi connectivity index (χ1n) is 8.43. The molecule has 22 heavy (non-hydrogen) atoms. The van der Waals surface area contributed by atoms with E-state index in [2.05, 4.69) is 51.3 Å². The minimum atomic E-state index is 0.561. The van der Waals surface area contributed by atoms with Crippen molar-refractivity contribution in [3.05, 3.63) is 54.0 Å². The van der Waals surface area contributed by atoms with Gasteiger partial charge in [0.1, 0.15) is 12.1 Å². The van der Waals surface area contributed by atoms with Crippen LogP contribution in [-0.2, 0) is 0 Å². The van der Waals surface area contributed by atoms with Crippen molar-refractivity contribution in [2.45, 2.75) is 37.5 Å². The van der Waals surface area contributed by atoms with Crippen LogP contribution in [0.1, 0.15) is 48.8 Å². The number of hydrogen-bond acceptors (Lipinski definition) is 3. The Morgan fingerprint density at radius 2 is 1.73 bits per heavy atom. The van der Waals surface area contributed by atoms with Gasteiger partial charge in [-0.2, -0.15) is 0 Å². The Kier molecular flexibility index (Phi) is 2.61. The summed E-state index contributed by atoms with van der Waals surface area (Å²) >= 11 is 0. The molecule has 0 bridgehead atoms. The Bertz CT molecular complexity index is 679. The molecule has 2 aliphatic carbocycles. The van der Waals surface area contributed by atoms with Gasteiger partial charge in [0.25, 0.3) is 0 Å². The topological polar surface area (TPSA) is 29.0 Å². The number of rotatable bonds is 3. The van der Waals surface area contributed by atoms with Crippen molar-refractivity contribution < 1.29 is 0 Å². The number of aromatic nitrogens is 2. The summed E-state index contributed by atoms with van der Waals surface area (Å²) in [6.45, 7) is 2.36. The molecule has 0 N–H and O–H groups in total. The molecule has 2 heterocycles. The highest BCUT2D eigenvalue weighted by Crippen LogP contribution is 2.56. The first-order chi connectivity index (χ1) is 10.8. The molecule has 5 rings (SSSR count). The van der Waals surface area contributed by atoms with E-state index >= 15 is 0 Å². The lowest BCUT2D eigenvalue weighted by Gasteiger charge is -2.59. The molecule has 2 saturated carbocycles. The van der Waals surface area contributed by atoms with Crippen LogP contribution in [0.25, 0.3) is 0 Å². The molecule has 1 aliphatic heterocycles. The van der Waals surface area contributed by atoms with Gasteiger partial charge >= 0.3 is 0 Å². The van der Waals surface area contributed by atoms with Gasteiger partial charge < -0.3 is 4.90 Å². The van der Waals surface area contributed by atoms with Crippen molar-refractivity contribution in [2.24, 2.45) is 5.41 Å². The van der Waals surface area contributed by atoms with Crippen LogP contribution in [0.4, 0.5) is 5.82 Å². The maximum atomic E-state index is 4.49. The highest BCUT2D eigenvalue weighted by Gasteiger charge is 2.52. The van der Waals surface area contributed by atoms with Crippen LogP contribution in [0.2, 0.25) is 0 Å². The summed E-state index contributed by atoms with van der Waals surface area (Å²) in [7, 11) is 0. The Labute approximate surface area is 131 Å². The van der Waals surface area contributed by atoms with Crippen molar-refractivity contribution in [2.75, 3.05) is 18.0 Å². The van der Waals surface area contributed by atoms with E-state index in [-0.39, 0.29) is 0 Å². The quantitative estimate of drug-likeness (QED) is 0.862. The molecular weight excluding hydrogens is 270 g/mol. The van der Waals surface area contributed by atoms with E-state index < -0.39 is 0 Å². The predicted octanol–water partition coefficient (Wildman–Crippen LogP) is 3.74. The minimum absolute atomic E-state index is 0.561. The molecule has 0 atom stereocenters. The van der Waals surface area contributed by atoms with Crippen LogP contribution < -0.4 is 4.90 Å². The van der Waals surface area contributed by atoms with Crippen LogP contribution in [0, 0.1) is 5.41 Å². The molecule has 1 spiro atoms. The molecule has 0 unspecified atom stereocenters. The molecule has 3 heteroatoms. The lowest BCUT2D eigenvalue weighted by atomic mass is 9.56. The maximum absolute atomic E-state index is 4.49. The van der Waals surface area contributed by atoms with Crippen molar-refractivity contribution in [1.29, 1.82) is 0 Å². The number of hydrogen-bond donors (Lipinski definition) is 0. The Hall–Kier alpha value is -1.90. The first-order valence-corrected chi connectivity index (χ1v) is 8.43. The van der Waals surface area contributed by atoms with E-state index in [1.54, 1.807) is 6.33 Å². The third kappa shape index (κ3) is 2.03. The molecule has 2 aromatic rings. The molecule has 3 aliphatic rings. The highest BCUT2D eigenvalue weighted by molar-refractivity contribution is 5.46. The fourth-order valence-electron chi connectivity index (χ4n) is 4.27. The summed E-state index contributed by atoms with van der Waals surface area (Å²) in [5, 5.41) is 0. The fraction of sp³-hybridized carbons (Fsp3) is 0.474. The van der Waals surface area contributed by atoms with Gasteiger partial charge in [0.05, 0.1) is 0 Å². The summed E-state index contributed by atoms with van der Waals surface area (Å²) in [6, 6.07) is 13.2. The van der Waals surface area contributed by atoms with Gasteiger partial charge in [-0.1, -0.05) is 30.3 Å². The third-order valence-corrected chi connectivity index (χ3v) is 5.68. The minimum Gasteiger partial charge on any atom is -0.355 e. The zero-order valence-electron chi connectivity index (χ0n) is 12.8. The first kappa shape index (κ1) is 12.6. The highest BCUT2D eigenvalue weighted by atomic mass is 15.3. The van der Waals surface area contributed by atoms with Crippen LogP contribution in [-0.4, -0.2) is 23.1 Å². The van der Waals surface area contributed by atoms with Gasteiger partial charge in [0.15, 0.2) is 0 Å². The van der Waals surface area contributed by atoms with Crippen molar-refractivity contribution in [1.82, 2.24) is 9.97 Å². The molecule has 1 aromatic heterocycles. The lowest BCUT2D eigenvalue weighted by molar-refractivity contribution is 0.0627. The standard InChI is InChI=1S/C19H21N3/c1-2-4-14(5-3-1)16-9-19(10-16)11-22(12-19)18-8-17(15-6-7-15)20-13-21-18/h1-5,8,13,15-16H,6-7,9-12H2. The van der Waals surface area contributed by atoms with Crippen LogP contribution >= 0.6 is 0 Å². The van der Waals surface area contributed by atoms with Gasteiger partial charge in [-0.3, -0.25) is 0 Å². The molecule has 1 saturated heterocycles. The van der Waals surface area contributed by atoms with Gasteiger partial charge in [0, 0.05) is 36.2 Å². The summed E-state index contributed by atoms with van der Waals surface area (Å²) in [5.41, 5.74) is 3.33. The van der Waals surface area contributed by atoms with Gasteiger partial charge in [0.2, 0.25) is 0 Å². The smallest absolute Gasteiger partial charge is 0.132 e. The average molecular weight is 291 g/mol. The summed E-state index contributed by atoms with van der Waals surface area (Å²) < 4.78 is 0. The summed E-state index contributed by atoms with van der Waals surface area (Å²) in [4.78, 5) is 11.4. The van der Waals surface area contributed by atoms with E-state index in [0.29, 0.717) is 11.3 Å². The molecule has 112 valence electrons. The molecule has 0 radical (unpaired) electrons. The van der Waals surface area contributed by atoms with Crippen molar-refractivity contribution >= 4 is 5.82 Å². The van der Waals surface area contributed by atoms with E-state index in [0.717, 1.165) is 11.7 Å². The zero-order valence-corrected chi connectivity index (χ0v) is 12.8. The molecular formula is C19H21N3. The van der Waals surface area contributed by atoms with E-state index in [1.165, 1.54) is 50.0 Å². The molecule has 1 aromatic carbocycles. The zero-order chi connectivity index (χ0) is 14.6. The van der Waals surface area contributed by atoms with Gasteiger partial charge in [-0.15, -0.1) is 0 Å². The number of nitrogens with zero attached hydrogens (tertiary/aromatic N) is 3. The van der Waals surface area contributed by atoms with E-state index in [4.69, 9.17) is 0 Å². The monoisotopic (exact) mass is 291 g/mol. The Morgan fingerprint density at radius 1 is 0.955 bits per heavy atom. The summed E-state index contributed by atoms with van der Waals surface area (Å²) in [6.07, 6.45) is 7.04. The van der Waals surface area contributed by atoms with Crippen LogP contribution in [0.3, 0.4) is 0 Å². The Morgan fingerprint density at radius 3 is 2.45 bits per heavy atom. The summed E-state index contributed by atoms with van der Waals surface area (Å²) in [5.74, 6) is 2.63. The van der Waals surface area contributed by atoms with Crippen molar-refractivity contribution in [3.8, 4) is 0 Å². The second kappa shape index (κ2) is 4.55. The fourth-order valence-corrected chi connectivity index (χ4v) is 4.27. The van der Waals surface area contributed by atoms with Gasteiger partial charge in [-0.05, 0) is 37.2 Å². The molecule has 3 fully saturated rings. The van der Waals surface area contributed by atoms with Crippen LogP contribution in [0.15, 0.2) is 42.7 Å². The second-order valence-electron chi connectivity index (χ2n) is 7.45. The largest absolute Gasteiger partial charge is 0.355 e.